The lowest BCUT2D eigenvalue weighted by Crippen LogP contribution is -2.46. The molecule has 1 amide bonds. The molecule has 202 valence electrons. The summed E-state index contributed by atoms with van der Waals surface area (Å²) < 4.78 is 28.8. The molecule has 3 rings (SSSR count). The molecule has 0 aromatic carbocycles. The summed E-state index contributed by atoms with van der Waals surface area (Å²) in [7, 11) is 0. The molecule has 1 N–H and O–H groups in total. The number of epoxide rings is 1. The number of rotatable bonds is 8. The van der Waals surface area contributed by atoms with Crippen LogP contribution in [-0.4, -0.2) is 67.4 Å². The van der Waals surface area contributed by atoms with E-state index in [-0.39, 0.29) is 41.5 Å². The SMILES string of the molecule is CC(C=C[C@@H]1C[C@]2(CO2)CC(C)(C)O1)=CCC1OCC(NC(=O)C=C[C@H](C)OC(=O)C(C)(C)C)CO1. The summed E-state index contributed by atoms with van der Waals surface area (Å²) in [5.41, 5.74) is 0.362. The molecule has 0 bridgehead atoms. The Morgan fingerprint density at radius 1 is 1.17 bits per heavy atom. The second-order valence-corrected chi connectivity index (χ2v) is 11.8. The van der Waals surface area contributed by atoms with Gasteiger partial charge in [0.05, 0.1) is 48.6 Å². The van der Waals surface area contributed by atoms with Crippen LogP contribution in [0.2, 0.25) is 0 Å². The van der Waals surface area contributed by atoms with Gasteiger partial charge in [-0.3, -0.25) is 9.59 Å². The smallest absolute Gasteiger partial charge is 0.311 e. The number of ether oxygens (including phenoxy) is 5. The molecule has 0 aromatic rings. The normalized spacial score (nSPS) is 31.5. The monoisotopic (exact) mass is 505 g/mol. The number of esters is 1. The third-order valence-electron chi connectivity index (χ3n) is 6.29. The van der Waals surface area contributed by atoms with Crippen LogP contribution in [0.25, 0.3) is 0 Å². The van der Waals surface area contributed by atoms with Crippen molar-refractivity contribution in [3.8, 4) is 0 Å². The highest BCUT2D eigenvalue weighted by Gasteiger charge is 2.53. The van der Waals surface area contributed by atoms with E-state index >= 15 is 0 Å². The molecule has 0 aliphatic carbocycles. The molecule has 3 aliphatic heterocycles. The summed E-state index contributed by atoms with van der Waals surface area (Å²) in [5, 5.41) is 2.85. The van der Waals surface area contributed by atoms with E-state index in [9.17, 15) is 9.59 Å². The summed E-state index contributed by atoms with van der Waals surface area (Å²) in [6.45, 7) is 14.9. The van der Waals surface area contributed by atoms with Crippen molar-refractivity contribution in [2.75, 3.05) is 19.8 Å². The zero-order valence-electron chi connectivity index (χ0n) is 22.8. The van der Waals surface area contributed by atoms with Gasteiger partial charge in [-0.15, -0.1) is 0 Å². The average molecular weight is 506 g/mol. The van der Waals surface area contributed by atoms with Gasteiger partial charge in [0.25, 0.3) is 0 Å². The number of nitrogens with one attached hydrogen (secondary N) is 1. The van der Waals surface area contributed by atoms with Crippen LogP contribution in [0, 0.1) is 5.41 Å². The Morgan fingerprint density at radius 3 is 2.44 bits per heavy atom. The quantitative estimate of drug-likeness (QED) is 0.231. The first kappa shape index (κ1) is 28.6. The maximum absolute atomic E-state index is 12.2. The lowest BCUT2D eigenvalue weighted by Gasteiger charge is -2.38. The largest absolute Gasteiger partial charge is 0.458 e. The van der Waals surface area contributed by atoms with Crippen molar-refractivity contribution in [1.29, 1.82) is 0 Å². The Morgan fingerprint density at radius 2 is 1.83 bits per heavy atom. The molecule has 3 atom stereocenters. The van der Waals surface area contributed by atoms with E-state index in [2.05, 4.69) is 37.4 Å². The molecule has 8 heteroatoms. The van der Waals surface area contributed by atoms with Gasteiger partial charge < -0.3 is 29.0 Å². The van der Waals surface area contributed by atoms with E-state index in [0.717, 1.165) is 25.0 Å². The van der Waals surface area contributed by atoms with E-state index in [1.807, 2.05) is 6.92 Å². The molecule has 3 saturated heterocycles. The first-order valence-electron chi connectivity index (χ1n) is 12.9. The van der Waals surface area contributed by atoms with E-state index < -0.39 is 11.5 Å². The predicted molar refractivity (Wildman–Crippen MR) is 136 cm³/mol. The van der Waals surface area contributed by atoms with Gasteiger partial charge in [0, 0.05) is 25.3 Å². The first-order valence-corrected chi connectivity index (χ1v) is 12.9. The lowest BCUT2D eigenvalue weighted by atomic mass is 9.85. The zero-order chi connectivity index (χ0) is 26.6. The highest BCUT2D eigenvalue weighted by Crippen LogP contribution is 2.46. The van der Waals surface area contributed by atoms with Gasteiger partial charge in [-0.05, 0) is 54.5 Å². The highest BCUT2D eigenvalue weighted by molar-refractivity contribution is 5.87. The summed E-state index contributed by atoms with van der Waals surface area (Å²) in [4.78, 5) is 24.1. The second kappa shape index (κ2) is 11.6. The number of amides is 1. The summed E-state index contributed by atoms with van der Waals surface area (Å²) in [6, 6.07) is -0.237. The van der Waals surface area contributed by atoms with Crippen molar-refractivity contribution in [2.45, 2.75) is 103 Å². The molecule has 0 saturated carbocycles. The average Bonchev–Trinajstić information content (AvgIpc) is 3.51. The molecule has 3 fully saturated rings. The zero-order valence-corrected chi connectivity index (χ0v) is 22.8. The summed E-state index contributed by atoms with van der Waals surface area (Å²) >= 11 is 0. The topological polar surface area (TPSA) is 95.6 Å². The maximum Gasteiger partial charge on any atom is 0.311 e. The minimum Gasteiger partial charge on any atom is -0.458 e. The predicted octanol–water partition coefficient (Wildman–Crippen LogP) is 4.00. The van der Waals surface area contributed by atoms with E-state index in [0.29, 0.717) is 19.6 Å². The fourth-order valence-corrected chi connectivity index (χ4v) is 4.37. The number of hydrogen-bond donors (Lipinski definition) is 1. The van der Waals surface area contributed by atoms with Crippen molar-refractivity contribution in [3.05, 3.63) is 36.0 Å². The van der Waals surface area contributed by atoms with Crippen LogP contribution < -0.4 is 5.32 Å². The van der Waals surface area contributed by atoms with Gasteiger partial charge in [0.15, 0.2) is 6.29 Å². The molecule has 0 unspecified atom stereocenters. The maximum atomic E-state index is 12.2. The third kappa shape index (κ3) is 9.14. The molecule has 0 aromatic heterocycles. The molecule has 3 heterocycles. The number of allylic oxidation sites excluding steroid dienone is 2. The lowest BCUT2D eigenvalue weighted by molar-refractivity contribution is -0.187. The molecule has 8 nitrogen and oxygen atoms in total. The minimum atomic E-state index is -0.586. The van der Waals surface area contributed by atoms with E-state index in [1.54, 1.807) is 33.8 Å². The van der Waals surface area contributed by atoms with Crippen LogP contribution >= 0.6 is 0 Å². The number of carbonyl (C=O) groups is 2. The summed E-state index contributed by atoms with van der Waals surface area (Å²) in [5.74, 6) is -0.593. The van der Waals surface area contributed by atoms with Crippen molar-refractivity contribution in [2.24, 2.45) is 5.41 Å². The van der Waals surface area contributed by atoms with Crippen LogP contribution in [0.1, 0.15) is 67.7 Å². The van der Waals surface area contributed by atoms with Gasteiger partial charge in [-0.25, -0.2) is 0 Å². The van der Waals surface area contributed by atoms with E-state index in [4.69, 9.17) is 23.7 Å². The van der Waals surface area contributed by atoms with Crippen molar-refractivity contribution < 1.29 is 33.3 Å². The van der Waals surface area contributed by atoms with Crippen molar-refractivity contribution in [3.63, 3.8) is 0 Å². The highest BCUT2D eigenvalue weighted by atomic mass is 16.7. The molecule has 1 spiro atoms. The standard InChI is InChI=1S/C28H43NO7/c1-19(8-11-22-14-28(18-34-28)17-27(6,7)36-22)9-13-24-32-15-21(16-33-24)29-23(30)12-10-20(2)35-25(31)26(3,4)5/h8-12,20-22,24H,13-18H2,1-7H3,(H,29,30)/t20-,21?,22+,24?,28+/m0/s1. The summed E-state index contributed by atoms with van der Waals surface area (Å²) in [6.07, 6.45) is 10.9. The van der Waals surface area contributed by atoms with Gasteiger partial charge in [-0.1, -0.05) is 23.8 Å². The van der Waals surface area contributed by atoms with Crippen LogP contribution in [0.3, 0.4) is 0 Å². The van der Waals surface area contributed by atoms with Crippen molar-refractivity contribution in [1.82, 2.24) is 5.32 Å². The second-order valence-electron chi connectivity index (χ2n) is 11.8. The third-order valence-corrected chi connectivity index (χ3v) is 6.29. The van der Waals surface area contributed by atoms with Gasteiger partial charge in [-0.2, -0.15) is 0 Å². The fourth-order valence-electron chi connectivity index (χ4n) is 4.37. The Balaban J connectivity index is 1.35. The molecular formula is C28H43NO7. The molecule has 3 aliphatic rings. The minimum absolute atomic E-state index is 0.0111. The van der Waals surface area contributed by atoms with Crippen LogP contribution in [0.4, 0.5) is 0 Å². The van der Waals surface area contributed by atoms with Crippen LogP contribution in [0.5, 0.6) is 0 Å². The molecule has 0 radical (unpaired) electrons. The Hall–Kier alpha value is -2.00. The first-order chi connectivity index (χ1) is 16.8. The Bertz CT molecular complexity index is 865. The number of carbonyl (C=O) groups excluding carboxylic acids is 2. The fraction of sp³-hybridized carbons (Fsp3) is 0.714. The molecule has 36 heavy (non-hydrogen) atoms. The molecular weight excluding hydrogens is 462 g/mol. The Kier molecular flexibility index (Phi) is 9.20. The van der Waals surface area contributed by atoms with Gasteiger partial charge in [0.1, 0.15) is 6.10 Å². The van der Waals surface area contributed by atoms with Crippen molar-refractivity contribution >= 4 is 11.9 Å². The van der Waals surface area contributed by atoms with Gasteiger partial charge in [0.2, 0.25) is 5.91 Å². The van der Waals surface area contributed by atoms with E-state index in [1.165, 1.54) is 6.08 Å². The Labute approximate surface area is 215 Å². The van der Waals surface area contributed by atoms with Crippen LogP contribution in [-0.2, 0) is 33.3 Å². The van der Waals surface area contributed by atoms with Gasteiger partial charge >= 0.3 is 5.97 Å². The van der Waals surface area contributed by atoms with Crippen LogP contribution in [0.15, 0.2) is 36.0 Å². The number of hydrogen-bond acceptors (Lipinski definition) is 7.